The minimum atomic E-state index is -0.187. The van der Waals surface area contributed by atoms with Crippen LogP contribution < -0.4 is 0 Å². The van der Waals surface area contributed by atoms with Crippen LogP contribution in [0.3, 0.4) is 0 Å². The molecule has 2 aliphatic carbocycles. The fraction of sp³-hybridized carbons (Fsp3) is 0.476. The van der Waals surface area contributed by atoms with E-state index in [2.05, 4.69) is 20.0 Å². The second-order valence-corrected chi connectivity index (χ2v) is 8.46. The van der Waals surface area contributed by atoms with Crippen LogP contribution >= 0.6 is 11.6 Å². The molecule has 2 aliphatic heterocycles. The molecule has 5 rings (SSSR count). The molecule has 0 spiro atoms. The van der Waals surface area contributed by atoms with Crippen LogP contribution in [-0.4, -0.2) is 39.5 Å². The van der Waals surface area contributed by atoms with Gasteiger partial charge in [-0.3, -0.25) is 9.98 Å². The van der Waals surface area contributed by atoms with E-state index in [9.17, 15) is 4.39 Å². The first-order valence-corrected chi connectivity index (χ1v) is 10.4. The van der Waals surface area contributed by atoms with Crippen molar-refractivity contribution < 1.29 is 4.39 Å². The SMILES string of the molecule is Fc1cccnc1C1CCC(N2N=CN3CC4CCC(Cl)=CC4=NC=C32)CC1. The van der Waals surface area contributed by atoms with E-state index >= 15 is 0 Å². The van der Waals surface area contributed by atoms with E-state index in [-0.39, 0.29) is 11.7 Å². The molecule has 0 amide bonds. The summed E-state index contributed by atoms with van der Waals surface area (Å²) in [5, 5.41) is 7.68. The van der Waals surface area contributed by atoms with Crippen LogP contribution in [0.2, 0.25) is 0 Å². The molecule has 0 radical (unpaired) electrons. The maximum Gasteiger partial charge on any atom is 0.149 e. The Hall–Kier alpha value is -2.21. The molecular weight excluding hydrogens is 377 g/mol. The van der Waals surface area contributed by atoms with Gasteiger partial charge in [-0.2, -0.15) is 5.10 Å². The molecule has 3 heterocycles. The van der Waals surface area contributed by atoms with Crippen molar-refractivity contribution in [1.82, 2.24) is 14.9 Å². The number of fused-ring (bicyclic) bond motifs is 2. The minimum Gasteiger partial charge on any atom is -0.314 e. The van der Waals surface area contributed by atoms with Gasteiger partial charge in [0.2, 0.25) is 0 Å². The molecule has 1 saturated carbocycles. The maximum atomic E-state index is 14.1. The lowest BCUT2D eigenvalue weighted by molar-refractivity contribution is 0.179. The van der Waals surface area contributed by atoms with E-state index in [1.165, 1.54) is 6.07 Å². The van der Waals surface area contributed by atoms with E-state index in [0.29, 0.717) is 17.7 Å². The van der Waals surface area contributed by atoms with Gasteiger partial charge in [0, 0.05) is 35.3 Å². The lowest BCUT2D eigenvalue weighted by Crippen LogP contribution is -2.36. The number of aromatic nitrogens is 1. The Labute approximate surface area is 169 Å². The number of hydrogen-bond donors (Lipinski definition) is 0. The van der Waals surface area contributed by atoms with Crippen molar-refractivity contribution in [1.29, 1.82) is 0 Å². The van der Waals surface area contributed by atoms with Gasteiger partial charge < -0.3 is 4.90 Å². The zero-order chi connectivity index (χ0) is 19.1. The Kier molecular flexibility index (Phi) is 4.67. The molecule has 1 atom stereocenters. The highest BCUT2D eigenvalue weighted by Crippen LogP contribution is 2.38. The van der Waals surface area contributed by atoms with Gasteiger partial charge in [-0.25, -0.2) is 9.40 Å². The molecule has 0 aromatic carbocycles. The van der Waals surface area contributed by atoms with Gasteiger partial charge in [-0.1, -0.05) is 11.6 Å². The average molecular weight is 400 g/mol. The third kappa shape index (κ3) is 3.24. The summed E-state index contributed by atoms with van der Waals surface area (Å²) in [6, 6.07) is 3.47. The summed E-state index contributed by atoms with van der Waals surface area (Å²) < 4.78 is 14.1. The van der Waals surface area contributed by atoms with Crippen molar-refractivity contribution in [2.75, 3.05) is 6.54 Å². The summed E-state index contributed by atoms with van der Waals surface area (Å²) in [7, 11) is 0. The number of nitrogens with zero attached hydrogens (tertiary/aromatic N) is 5. The number of rotatable bonds is 2. The summed E-state index contributed by atoms with van der Waals surface area (Å²) in [6.45, 7) is 0.889. The zero-order valence-corrected chi connectivity index (χ0v) is 16.4. The normalized spacial score (nSPS) is 29.5. The molecule has 4 aliphatic rings. The highest BCUT2D eigenvalue weighted by molar-refractivity contribution is 6.31. The van der Waals surface area contributed by atoms with Crippen molar-refractivity contribution in [3.05, 3.63) is 53.0 Å². The highest BCUT2D eigenvalue weighted by Gasteiger charge is 2.35. The summed E-state index contributed by atoms with van der Waals surface area (Å²) in [5.74, 6) is 1.44. The van der Waals surface area contributed by atoms with Crippen molar-refractivity contribution in [2.45, 2.75) is 50.5 Å². The van der Waals surface area contributed by atoms with Crippen LogP contribution in [0.4, 0.5) is 4.39 Å². The standard InChI is InChI=1S/C21H23ClFN5/c22-16-6-3-15-12-27-13-26-28(20(27)11-25-19(15)10-16)17-7-4-14(5-8-17)21-18(23)2-1-9-24-21/h1-2,9-11,13-15,17H,3-8,12H2. The van der Waals surface area contributed by atoms with Crippen LogP contribution in [0.1, 0.15) is 50.1 Å². The Bertz CT molecular complexity index is 885. The van der Waals surface area contributed by atoms with Crippen molar-refractivity contribution >= 4 is 23.7 Å². The van der Waals surface area contributed by atoms with E-state index in [1.54, 1.807) is 12.3 Å². The monoisotopic (exact) mass is 399 g/mol. The fourth-order valence-electron chi connectivity index (χ4n) is 4.72. The number of hydrogen-bond acceptors (Lipinski definition) is 5. The van der Waals surface area contributed by atoms with Gasteiger partial charge in [0.15, 0.2) is 0 Å². The van der Waals surface area contributed by atoms with Gasteiger partial charge in [-0.15, -0.1) is 0 Å². The van der Waals surface area contributed by atoms with Gasteiger partial charge in [-0.05, 0) is 56.7 Å². The summed E-state index contributed by atoms with van der Waals surface area (Å²) in [6.07, 6.45) is 13.3. The molecule has 7 heteroatoms. The van der Waals surface area contributed by atoms with Crippen LogP contribution in [0.15, 0.2) is 51.6 Å². The molecule has 146 valence electrons. The van der Waals surface area contributed by atoms with Crippen molar-refractivity contribution in [2.24, 2.45) is 16.0 Å². The van der Waals surface area contributed by atoms with E-state index in [4.69, 9.17) is 16.6 Å². The summed E-state index contributed by atoms with van der Waals surface area (Å²) >= 11 is 6.21. The quantitative estimate of drug-likeness (QED) is 0.730. The Morgan fingerprint density at radius 2 is 1.96 bits per heavy atom. The molecular formula is C21H23ClFN5. The lowest BCUT2D eigenvalue weighted by Gasteiger charge is -2.34. The lowest BCUT2D eigenvalue weighted by atomic mass is 9.83. The largest absolute Gasteiger partial charge is 0.314 e. The van der Waals surface area contributed by atoms with E-state index in [1.807, 2.05) is 18.6 Å². The summed E-state index contributed by atoms with van der Waals surface area (Å²) in [5.41, 5.74) is 1.68. The summed E-state index contributed by atoms with van der Waals surface area (Å²) in [4.78, 5) is 11.2. The van der Waals surface area contributed by atoms with E-state index in [0.717, 1.165) is 61.6 Å². The van der Waals surface area contributed by atoms with Crippen LogP contribution in [0.5, 0.6) is 0 Å². The molecule has 1 fully saturated rings. The first-order chi connectivity index (χ1) is 13.7. The third-order valence-electron chi connectivity index (χ3n) is 6.26. The van der Waals surface area contributed by atoms with Crippen molar-refractivity contribution in [3.63, 3.8) is 0 Å². The molecule has 1 aromatic rings. The smallest absolute Gasteiger partial charge is 0.149 e. The Morgan fingerprint density at radius 1 is 1.11 bits per heavy atom. The maximum absolute atomic E-state index is 14.1. The number of hydrazone groups is 1. The van der Waals surface area contributed by atoms with Crippen LogP contribution in [-0.2, 0) is 0 Å². The number of halogens is 2. The van der Waals surface area contributed by atoms with Gasteiger partial charge in [0.1, 0.15) is 18.0 Å². The predicted octanol–water partition coefficient (Wildman–Crippen LogP) is 4.59. The van der Waals surface area contributed by atoms with E-state index < -0.39 is 0 Å². The predicted molar refractivity (Wildman–Crippen MR) is 108 cm³/mol. The van der Waals surface area contributed by atoms with Gasteiger partial charge in [0.25, 0.3) is 0 Å². The highest BCUT2D eigenvalue weighted by atomic mass is 35.5. The first kappa shape index (κ1) is 17.9. The number of aliphatic imine (C=N–C) groups is 1. The molecule has 5 nitrogen and oxygen atoms in total. The second-order valence-electron chi connectivity index (χ2n) is 7.97. The topological polar surface area (TPSA) is 44.1 Å². The molecule has 28 heavy (non-hydrogen) atoms. The van der Waals surface area contributed by atoms with Crippen LogP contribution in [0, 0.1) is 11.7 Å². The minimum absolute atomic E-state index is 0.187. The van der Waals surface area contributed by atoms with Crippen molar-refractivity contribution in [3.8, 4) is 0 Å². The molecule has 1 unspecified atom stereocenters. The third-order valence-corrected chi connectivity index (χ3v) is 6.56. The average Bonchev–Trinajstić information content (AvgIpc) is 3.02. The fourth-order valence-corrected chi connectivity index (χ4v) is 4.94. The second kappa shape index (κ2) is 7.32. The number of pyridine rings is 1. The Morgan fingerprint density at radius 3 is 2.79 bits per heavy atom. The molecule has 1 aromatic heterocycles. The molecule has 0 N–H and O–H groups in total. The zero-order valence-electron chi connectivity index (χ0n) is 15.6. The molecule has 0 bridgehead atoms. The first-order valence-electron chi connectivity index (χ1n) is 10.0. The Balaban J connectivity index is 1.30. The van der Waals surface area contributed by atoms with Gasteiger partial charge >= 0.3 is 0 Å². The van der Waals surface area contributed by atoms with Gasteiger partial charge in [0.05, 0.1) is 17.9 Å². The number of allylic oxidation sites excluding steroid dienone is 2. The molecule has 0 saturated heterocycles. The van der Waals surface area contributed by atoms with Crippen LogP contribution in [0.25, 0.3) is 0 Å².